The van der Waals surface area contributed by atoms with E-state index >= 15 is 0 Å². The van der Waals surface area contributed by atoms with Crippen molar-refractivity contribution in [3.05, 3.63) is 0 Å². The van der Waals surface area contributed by atoms with Gasteiger partial charge in [-0.1, -0.05) is 0 Å². The van der Waals surface area contributed by atoms with E-state index in [1.165, 1.54) is 0 Å². The summed E-state index contributed by atoms with van der Waals surface area (Å²) in [6.07, 6.45) is 2.49. The highest BCUT2D eigenvalue weighted by Gasteiger charge is 2.23. The Labute approximate surface area is 109 Å². The van der Waals surface area contributed by atoms with Crippen molar-refractivity contribution in [1.82, 2.24) is 10.2 Å². The van der Waals surface area contributed by atoms with Crippen molar-refractivity contribution in [3.8, 4) is 0 Å². The first-order valence-electron chi connectivity index (χ1n) is 6.46. The maximum absolute atomic E-state index is 11.5. The van der Waals surface area contributed by atoms with Gasteiger partial charge >= 0.3 is 5.97 Å². The molecular weight excluding hydrogens is 232 g/mol. The van der Waals surface area contributed by atoms with Gasteiger partial charge in [-0.2, -0.15) is 0 Å². The molecule has 0 aromatic carbocycles. The van der Waals surface area contributed by atoms with Gasteiger partial charge in [-0.05, 0) is 40.7 Å². The first-order chi connectivity index (χ1) is 8.26. The molecule has 5 nitrogen and oxygen atoms in total. The molecule has 0 aromatic rings. The van der Waals surface area contributed by atoms with E-state index in [2.05, 4.69) is 5.32 Å². The van der Waals surface area contributed by atoms with Gasteiger partial charge in [0.1, 0.15) is 5.60 Å². The van der Waals surface area contributed by atoms with E-state index < -0.39 is 5.60 Å². The van der Waals surface area contributed by atoms with E-state index in [0.717, 1.165) is 12.8 Å². The lowest BCUT2D eigenvalue weighted by Gasteiger charge is -2.21. The van der Waals surface area contributed by atoms with E-state index in [4.69, 9.17) is 4.74 Å². The Balaban J connectivity index is 2.13. The normalized spacial score (nSPS) is 15.6. The molecule has 0 aliphatic heterocycles. The zero-order valence-corrected chi connectivity index (χ0v) is 11.8. The Morgan fingerprint density at radius 3 is 2.44 bits per heavy atom. The minimum atomic E-state index is -0.445. The van der Waals surface area contributed by atoms with Crippen LogP contribution in [0, 0.1) is 0 Å². The SMILES string of the molecule is CN(CCC(=O)OC(C)(C)C)CC(=O)NC1CC1. The Morgan fingerprint density at radius 1 is 1.33 bits per heavy atom. The number of hydrogen-bond donors (Lipinski definition) is 1. The molecule has 1 aliphatic rings. The molecule has 1 fully saturated rings. The second kappa shape index (κ2) is 6.18. The fraction of sp³-hybridized carbons (Fsp3) is 0.846. The van der Waals surface area contributed by atoms with Crippen molar-refractivity contribution >= 4 is 11.9 Å². The molecule has 1 rings (SSSR count). The minimum absolute atomic E-state index is 0.0317. The smallest absolute Gasteiger partial charge is 0.307 e. The molecule has 1 amide bonds. The molecule has 1 N–H and O–H groups in total. The van der Waals surface area contributed by atoms with Crippen LogP contribution in [0.4, 0.5) is 0 Å². The lowest BCUT2D eigenvalue weighted by molar-refractivity contribution is -0.155. The van der Waals surface area contributed by atoms with E-state index in [0.29, 0.717) is 25.6 Å². The van der Waals surface area contributed by atoms with Crippen molar-refractivity contribution in [3.63, 3.8) is 0 Å². The van der Waals surface area contributed by atoms with Crippen LogP contribution in [-0.2, 0) is 14.3 Å². The van der Waals surface area contributed by atoms with E-state index in [1.54, 1.807) is 0 Å². The maximum Gasteiger partial charge on any atom is 0.307 e. The summed E-state index contributed by atoms with van der Waals surface area (Å²) >= 11 is 0. The third kappa shape index (κ3) is 7.27. The average Bonchev–Trinajstić information content (AvgIpc) is 2.95. The summed E-state index contributed by atoms with van der Waals surface area (Å²) in [5.74, 6) is -0.193. The van der Waals surface area contributed by atoms with Crippen LogP contribution in [0.15, 0.2) is 0 Å². The number of ether oxygens (including phenoxy) is 1. The molecule has 0 unspecified atom stereocenters. The highest BCUT2D eigenvalue weighted by molar-refractivity contribution is 5.78. The van der Waals surface area contributed by atoms with Crippen LogP contribution in [0.2, 0.25) is 0 Å². The van der Waals surface area contributed by atoms with Crippen LogP contribution in [0.1, 0.15) is 40.0 Å². The fourth-order valence-corrected chi connectivity index (χ4v) is 1.50. The van der Waals surface area contributed by atoms with Gasteiger partial charge in [-0.3, -0.25) is 14.5 Å². The van der Waals surface area contributed by atoms with Gasteiger partial charge in [0.25, 0.3) is 0 Å². The van der Waals surface area contributed by atoms with Crippen LogP contribution < -0.4 is 5.32 Å². The summed E-state index contributed by atoms with van der Waals surface area (Å²) in [6, 6.07) is 0.386. The van der Waals surface area contributed by atoms with Crippen LogP contribution in [-0.4, -0.2) is 48.6 Å². The maximum atomic E-state index is 11.5. The van der Waals surface area contributed by atoms with Crippen LogP contribution in [0.25, 0.3) is 0 Å². The monoisotopic (exact) mass is 256 g/mol. The number of nitrogens with zero attached hydrogens (tertiary/aromatic N) is 1. The van der Waals surface area contributed by atoms with Gasteiger partial charge in [0.2, 0.25) is 5.91 Å². The van der Waals surface area contributed by atoms with Crippen LogP contribution in [0.5, 0.6) is 0 Å². The van der Waals surface area contributed by atoms with E-state index in [-0.39, 0.29) is 11.9 Å². The summed E-state index contributed by atoms with van der Waals surface area (Å²) in [7, 11) is 1.83. The zero-order chi connectivity index (χ0) is 13.8. The molecule has 1 aliphatic carbocycles. The molecule has 0 atom stereocenters. The van der Waals surface area contributed by atoms with Crippen molar-refractivity contribution in [1.29, 1.82) is 0 Å². The van der Waals surface area contributed by atoms with Crippen LogP contribution in [0.3, 0.4) is 0 Å². The minimum Gasteiger partial charge on any atom is -0.460 e. The van der Waals surface area contributed by atoms with Crippen molar-refractivity contribution in [2.45, 2.75) is 51.7 Å². The topological polar surface area (TPSA) is 58.6 Å². The van der Waals surface area contributed by atoms with Gasteiger partial charge in [0, 0.05) is 12.6 Å². The highest BCUT2D eigenvalue weighted by atomic mass is 16.6. The molecule has 0 radical (unpaired) electrons. The standard InChI is InChI=1S/C13H24N2O3/c1-13(2,3)18-12(17)7-8-15(4)9-11(16)14-10-5-6-10/h10H,5-9H2,1-4H3,(H,14,16). The Bertz CT molecular complexity index is 306. The Morgan fingerprint density at radius 2 is 1.94 bits per heavy atom. The lowest BCUT2D eigenvalue weighted by atomic mass is 10.2. The van der Waals surface area contributed by atoms with Gasteiger partial charge in [-0.15, -0.1) is 0 Å². The summed E-state index contributed by atoms with van der Waals surface area (Å²) in [6.45, 7) is 6.40. The van der Waals surface area contributed by atoms with Crippen molar-refractivity contribution in [2.24, 2.45) is 0 Å². The van der Waals surface area contributed by atoms with E-state index in [1.807, 2.05) is 32.7 Å². The molecule has 18 heavy (non-hydrogen) atoms. The van der Waals surface area contributed by atoms with Crippen molar-refractivity contribution < 1.29 is 14.3 Å². The number of rotatable bonds is 6. The predicted octanol–water partition coefficient (Wildman–Crippen LogP) is 0.929. The Hall–Kier alpha value is -1.10. The summed E-state index contributed by atoms with van der Waals surface area (Å²) in [4.78, 5) is 24.8. The summed E-state index contributed by atoms with van der Waals surface area (Å²) < 4.78 is 5.20. The van der Waals surface area contributed by atoms with Gasteiger partial charge in [0.05, 0.1) is 13.0 Å². The number of carbonyl (C=O) groups is 2. The molecule has 5 heteroatoms. The van der Waals surface area contributed by atoms with Crippen molar-refractivity contribution in [2.75, 3.05) is 20.1 Å². The summed E-state index contributed by atoms with van der Waals surface area (Å²) in [5.41, 5.74) is -0.445. The predicted molar refractivity (Wildman–Crippen MR) is 69.1 cm³/mol. The van der Waals surface area contributed by atoms with Gasteiger partial charge in [0.15, 0.2) is 0 Å². The molecular formula is C13H24N2O3. The second-order valence-electron chi connectivity index (χ2n) is 5.92. The molecule has 1 saturated carbocycles. The number of amides is 1. The first-order valence-corrected chi connectivity index (χ1v) is 6.46. The highest BCUT2D eigenvalue weighted by Crippen LogP contribution is 2.18. The molecule has 0 bridgehead atoms. The Kier molecular flexibility index (Phi) is 5.14. The third-order valence-corrected chi connectivity index (χ3v) is 2.47. The number of nitrogens with one attached hydrogen (secondary N) is 1. The number of hydrogen-bond acceptors (Lipinski definition) is 4. The number of carbonyl (C=O) groups excluding carboxylic acids is 2. The fourth-order valence-electron chi connectivity index (χ4n) is 1.50. The average molecular weight is 256 g/mol. The first kappa shape index (κ1) is 15.0. The second-order valence-corrected chi connectivity index (χ2v) is 5.92. The van der Waals surface area contributed by atoms with Crippen LogP contribution >= 0.6 is 0 Å². The largest absolute Gasteiger partial charge is 0.460 e. The number of likely N-dealkylation sites (N-methyl/N-ethyl adjacent to an activating group) is 1. The van der Waals surface area contributed by atoms with E-state index in [9.17, 15) is 9.59 Å². The molecule has 0 spiro atoms. The third-order valence-electron chi connectivity index (χ3n) is 2.47. The molecule has 0 heterocycles. The van der Waals surface area contributed by atoms with Gasteiger partial charge < -0.3 is 10.1 Å². The lowest BCUT2D eigenvalue weighted by Crippen LogP contribution is -2.37. The summed E-state index contributed by atoms with van der Waals surface area (Å²) in [5, 5.41) is 2.91. The zero-order valence-electron chi connectivity index (χ0n) is 11.8. The molecule has 0 saturated heterocycles. The molecule has 104 valence electrons. The van der Waals surface area contributed by atoms with Gasteiger partial charge in [-0.25, -0.2) is 0 Å². The quantitative estimate of drug-likeness (QED) is 0.718. The number of esters is 1. The molecule has 0 aromatic heterocycles.